The van der Waals surface area contributed by atoms with Gasteiger partial charge in [-0.15, -0.1) is 10.2 Å². The molecule has 0 N–H and O–H groups in total. The first-order chi connectivity index (χ1) is 13.2. The van der Waals surface area contributed by atoms with Gasteiger partial charge in [0.05, 0.1) is 12.4 Å². The zero-order chi connectivity index (χ0) is 20.5. The third-order valence-electron chi connectivity index (χ3n) is 5.02. The minimum atomic E-state index is -3.79. The van der Waals surface area contributed by atoms with Crippen molar-refractivity contribution < 1.29 is 21.6 Å². The van der Waals surface area contributed by atoms with Gasteiger partial charge in [0, 0.05) is 20.1 Å². The van der Waals surface area contributed by atoms with E-state index in [0.29, 0.717) is 6.42 Å². The number of aryl methyl sites for hydroxylation is 2. The highest BCUT2D eigenvalue weighted by atomic mass is 32.2. The first kappa shape index (κ1) is 20.7. The first-order valence-electron chi connectivity index (χ1n) is 8.96. The summed E-state index contributed by atoms with van der Waals surface area (Å²) in [7, 11) is -4.45. The number of hydrogen-bond donors (Lipinski definition) is 0. The Labute approximate surface area is 165 Å². The summed E-state index contributed by atoms with van der Waals surface area (Å²) in [6.07, 6.45) is 2.43. The smallest absolute Gasteiger partial charge is 0.249 e. The predicted octanol–water partition coefficient (Wildman–Crippen LogP) is 1.01. The van der Waals surface area contributed by atoms with Crippen molar-refractivity contribution in [3.63, 3.8) is 0 Å². The molecule has 1 saturated heterocycles. The molecule has 1 aromatic heterocycles. The van der Waals surface area contributed by atoms with Crippen LogP contribution in [0.4, 0.5) is 0 Å². The average molecular weight is 429 g/mol. The van der Waals surface area contributed by atoms with Crippen molar-refractivity contribution in [3.05, 3.63) is 30.1 Å². The first-order valence-corrected chi connectivity index (χ1v) is 12.0. The highest BCUT2D eigenvalue weighted by Crippen LogP contribution is 2.31. The lowest BCUT2D eigenvalue weighted by Gasteiger charge is -2.31. The van der Waals surface area contributed by atoms with E-state index in [-0.39, 0.29) is 41.7 Å². The average Bonchev–Trinajstić information content (AvgIpc) is 3.14. The molecule has 9 nitrogen and oxygen atoms in total. The number of nitrogens with zero attached hydrogens (tertiary/aromatic N) is 4. The summed E-state index contributed by atoms with van der Waals surface area (Å²) in [5, 5.41) is 6.54. The van der Waals surface area contributed by atoms with E-state index in [9.17, 15) is 16.8 Å². The van der Waals surface area contributed by atoms with Crippen LogP contribution in [0.15, 0.2) is 34.6 Å². The van der Waals surface area contributed by atoms with Gasteiger partial charge in [0.1, 0.15) is 17.0 Å². The molecule has 0 spiro atoms. The number of aromatic nitrogens is 3. The number of ether oxygens (including phenoxy) is 1. The lowest BCUT2D eigenvalue weighted by atomic mass is 10.2. The second kappa shape index (κ2) is 7.80. The molecule has 2 aromatic rings. The summed E-state index contributed by atoms with van der Waals surface area (Å²) in [6.45, 7) is 2.17. The minimum Gasteiger partial charge on any atom is -0.495 e. The summed E-state index contributed by atoms with van der Waals surface area (Å²) in [4.78, 5) is 0.115. The number of methoxy groups -OCH3 is 1. The van der Waals surface area contributed by atoms with Crippen molar-refractivity contribution in [2.45, 2.75) is 41.5 Å². The molecule has 1 fully saturated rings. The number of piperidine rings is 1. The van der Waals surface area contributed by atoms with Gasteiger partial charge in [-0.1, -0.05) is 13.0 Å². The quantitative estimate of drug-likeness (QED) is 0.675. The molecule has 0 unspecified atom stereocenters. The minimum absolute atomic E-state index is 0.0916. The van der Waals surface area contributed by atoms with Crippen molar-refractivity contribution in [2.24, 2.45) is 7.05 Å². The van der Waals surface area contributed by atoms with Crippen LogP contribution in [0.3, 0.4) is 0 Å². The summed E-state index contributed by atoms with van der Waals surface area (Å²) in [5.41, 5.74) is 0.888. The molecule has 2 heterocycles. The molecule has 154 valence electrons. The number of sulfone groups is 1. The molecular formula is C17H24N4O5S2. The normalized spacial score (nSPS) is 17.0. The molecule has 1 aromatic carbocycles. The lowest BCUT2D eigenvalue weighted by molar-refractivity contribution is 0.341. The van der Waals surface area contributed by atoms with E-state index in [2.05, 4.69) is 10.2 Å². The van der Waals surface area contributed by atoms with E-state index in [1.807, 2.05) is 13.0 Å². The molecular weight excluding hydrogens is 404 g/mol. The number of rotatable bonds is 6. The Kier molecular flexibility index (Phi) is 5.78. The van der Waals surface area contributed by atoms with Crippen LogP contribution in [-0.4, -0.2) is 61.4 Å². The standard InChI is InChI=1S/C17H24N4O5S2/c1-4-13-5-6-15(26-3)16(11-13)28(24,25)21-9-7-14(8-10-21)27(22,23)17-19-18-12-20(17)2/h5-6,11-12,14H,4,7-10H2,1-3H3. The lowest BCUT2D eigenvalue weighted by Crippen LogP contribution is -2.42. The van der Waals surface area contributed by atoms with Crippen molar-refractivity contribution in [2.75, 3.05) is 20.2 Å². The van der Waals surface area contributed by atoms with Crippen molar-refractivity contribution in [3.8, 4) is 5.75 Å². The third-order valence-corrected chi connectivity index (χ3v) is 9.17. The fourth-order valence-electron chi connectivity index (χ4n) is 3.34. The zero-order valence-electron chi connectivity index (χ0n) is 16.1. The van der Waals surface area contributed by atoms with Crippen LogP contribution < -0.4 is 4.74 Å². The van der Waals surface area contributed by atoms with Gasteiger partial charge in [-0.25, -0.2) is 16.8 Å². The van der Waals surface area contributed by atoms with E-state index in [1.165, 1.54) is 22.3 Å². The highest BCUT2D eigenvalue weighted by molar-refractivity contribution is 7.92. The molecule has 0 amide bonds. The Hall–Kier alpha value is -1.98. The fourth-order valence-corrected chi connectivity index (χ4v) is 6.76. The Morgan fingerprint density at radius 3 is 2.39 bits per heavy atom. The van der Waals surface area contributed by atoms with E-state index >= 15 is 0 Å². The maximum atomic E-state index is 13.1. The molecule has 1 aliphatic heterocycles. The van der Waals surface area contributed by atoms with Crippen LogP contribution in [-0.2, 0) is 33.3 Å². The van der Waals surface area contributed by atoms with Crippen LogP contribution in [0, 0.1) is 0 Å². The Balaban J connectivity index is 1.82. The maximum Gasteiger partial charge on any atom is 0.249 e. The molecule has 28 heavy (non-hydrogen) atoms. The Morgan fingerprint density at radius 1 is 1.18 bits per heavy atom. The van der Waals surface area contributed by atoms with Gasteiger partial charge in [-0.3, -0.25) is 0 Å². The van der Waals surface area contributed by atoms with Gasteiger partial charge in [0.15, 0.2) is 0 Å². The zero-order valence-corrected chi connectivity index (χ0v) is 17.7. The van der Waals surface area contributed by atoms with Gasteiger partial charge in [0.2, 0.25) is 25.0 Å². The van der Waals surface area contributed by atoms with E-state index < -0.39 is 25.1 Å². The summed E-state index contributed by atoms with van der Waals surface area (Å²) in [5.74, 6) is 0.283. The predicted molar refractivity (Wildman–Crippen MR) is 102 cm³/mol. The molecule has 0 radical (unpaired) electrons. The topological polar surface area (TPSA) is 111 Å². The van der Waals surface area contributed by atoms with Gasteiger partial charge >= 0.3 is 0 Å². The van der Waals surface area contributed by atoms with Gasteiger partial charge in [-0.2, -0.15) is 4.31 Å². The molecule has 0 bridgehead atoms. The summed E-state index contributed by atoms with van der Waals surface area (Å²) < 4.78 is 59.8. The maximum absolute atomic E-state index is 13.1. The number of benzene rings is 1. The van der Waals surface area contributed by atoms with Crippen LogP contribution in [0.25, 0.3) is 0 Å². The second-order valence-corrected chi connectivity index (χ2v) is 10.7. The van der Waals surface area contributed by atoms with E-state index in [0.717, 1.165) is 5.56 Å². The van der Waals surface area contributed by atoms with Crippen LogP contribution in [0.1, 0.15) is 25.3 Å². The van der Waals surface area contributed by atoms with Crippen LogP contribution in [0.5, 0.6) is 5.75 Å². The van der Waals surface area contributed by atoms with Crippen LogP contribution >= 0.6 is 0 Å². The van der Waals surface area contributed by atoms with Gasteiger partial charge in [-0.05, 0) is 37.0 Å². The summed E-state index contributed by atoms with van der Waals surface area (Å²) >= 11 is 0. The monoisotopic (exact) mass is 428 g/mol. The third kappa shape index (κ3) is 3.65. The number of sulfonamides is 1. The van der Waals surface area contributed by atoms with Gasteiger partial charge < -0.3 is 9.30 Å². The van der Waals surface area contributed by atoms with E-state index in [4.69, 9.17) is 4.74 Å². The number of hydrogen-bond acceptors (Lipinski definition) is 7. The largest absolute Gasteiger partial charge is 0.495 e. The van der Waals surface area contributed by atoms with Crippen molar-refractivity contribution >= 4 is 19.9 Å². The summed E-state index contributed by atoms with van der Waals surface area (Å²) in [6, 6.07) is 5.10. The Bertz CT molecular complexity index is 1050. The highest BCUT2D eigenvalue weighted by Gasteiger charge is 2.38. The second-order valence-electron chi connectivity index (χ2n) is 6.71. The molecule has 1 aliphatic rings. The molecule has 0 aliphatic carbocycles. The SMILES string of the molecule is CCc1ccc(OC)c(S(=O)(=O)N2CCC(S(=O)(=O)c3nncn3C)CC2)c1. The molecule has 3 rings (SSSR count). The van der Waals surface area contributed by atoms with E-state index in [1.54, 1.807) is 19.2 Å². The fraction of sp³-hybridized carbons (Fsp3) is 0.529. The van der Waals surface area contributed by atoms with Crippen molar-refractivity contribution in [1.82, 2.24) is 19.1 Å². The molecule has 11 heteroatoms. The molecule has 0 atom stereocenters. The van der Waals surface area contributed by atoms with Gasteiger partial charge in [0.25, 0.3) is 0 Å². The van der Waals surface area contributed by atoms with Crippen molar-refractivity contribution in [1.29, 1.82) is 0 Å². The molecule has 0 saturated carbocycles. The van der Waals surface area contributed by atoms with Crippen LogP contribution in [0.2, 0.25) is 0 Å². The Morgan fingerprint density at radius 2 is 1.86 bits per heavy atom.